The van der Waals surface area contributed by atoms with Gasteiger partial charge in [0.05, 0.1) is 24.4 Å². The topological polar surface area (TPSA) is 37.4 Å². The minimum absolute atomic E-state index is 0.419. The van der Waals surface area contributed by atoms with Gasteiger partial charge in [0.15, 0.2) is 0 Å². The van der Waals surface area contributed by atoms with Crippen LogP contribution in [0.15, 0.2) is 5.51 Å². The van der Waals surface area contributed by atoms with E-state index in [0.29, 0.717) is 6.04 Å². The summed E-state index contributed by atoms with van der Waals surface area (Å²) in [6.07, 6.45) is 1.20. The summed E-state index contributed by atoms with van der Waals surface area (Å²) in [6, 6.07) is 0.419. The maximum atomic E-state index is 5.34. The summed E-state index contributed by atoms with van der Waals surface area (Å²) in [5, 5.41) is 3.58. The molecule has 5 heteroatoms. The van der Waals surface area contributed by atoms with E-state index in [0.717, 1.165) is 38.5 Å². The summed E-state index contributed by atoms with van der Waals surface area (Å²) >= 11 is 1.74. The molecule has 2 rings (SSSR count). The standard InChI is InChI=1S/C13H23N3OS/c1-11(13-12(2)15-10-18-13)14-4-3-5-16-6-8-17-9-7-16/h10-11,14H,3-9H2,1-2H3. The van der Waals surface area contributed by atoms with Crippen molar-refractivity contribution in [2.75, 3.05) is 39.4 Å². The zero-order valence-electron chi connectivity index (χ0n) is 11.3. The van der Waals surface area contributed by atoms with Crippen LogP contribution in [0, 0.1) is 6.92 Å². The first-order valence-corrected chi connectivity index (χ1v) is 7.59. The molecule has 1 aromatic rings. The molecule has 1 N–H and O–H groups in total. The van der Waals surface area contributed by atoms with Gasteiger partial charge < -0.3 is 10.1 Å². The van der Waals surface area contributed by atoms with Gasteiger partial charge in [-0.3, -0.25) is 4.90 Å². The van der Waals surface area contributed by atoms with E-state index in [1.165, 1.54) is 17.8 Å². The molecular formula is C13H23N3OS. The zero-order valence-corrected chi connectivity index (χ0v) is 12.1. The summed E-state index contributed by atoms with van der Waals surface area (Å²) in [4.78, 5) is 8.14. The van der Waals surface area contributed by atoms with Crippen molar-refractivity contribution in [2.24, 2.45) is 0 Å². The molecule has 0 amide bonds. The van der Waals surface area contributed by atoms with E-state index < -0.39 is 0 Å². The Morgan fingerprint density at radius 1 is 1.50 bits per heavy atom. The molecule has 1 aliphatic rings. The zero-order chi connectivity index (χ0) is 12.8. The van der Waals surface area contributed by atoms with Crippen molar-refractivity contribution >= 4 is 11.3 Å². The molecule has 18 heavy (non-hydrogen) atoms. The Labute approximate surface area is 113 Å². The van der Waals surface area contributed by atoms with Gasteiger partial charge >= 0.3 is 0 Å². The molecule has 0 aliphatic carbocycles. The highest BCUT2D eigenvalue weighted by molar-refractivity contribution is 7.09. The van der Waals surface area contributed by atoms with E-state index >= 15 is 0 Å². The fourth-order valence-electron chi connectivity index (χ4n) is 2.27. The molecular weight excluding hydrogens is 246 g/mol. The second kappa shape index (κ2) is 7.19. The Hall–Kier alpha value is -0.490. The Bertz CT molecular complexity index is 350. The van der Waals surface area contributed by atoms with Gasteiger partial charge in [0.1, 0.15) is 0 Å². The van der Waals surface area contributed by atoms with E-state index in [4.69, 9.17) is 4.74 Å². The molecule has 4 nitrogen and oxygen atoms in total. The largest absolute Gasteiger partial charge is 0.379 e. The number of rotatable bonds is 6. The number of thiazole rings is 1. The minimum atomic E-state index is 0.419. The molecule has 1 saturated heterocycles. The lowest BCUT2D eigenvalue weighted by Crippen LogP contribution is -2.37. The summed E-state index contributed by atoms with van der Waals surface area (Å²) in [7, 11) is 0. The normalized spacial score (nSPS) is 19.0. The number of aryl methyl sites for hydroxylation is 1. The van der Waals surface area contributed by atoms with Gasteiger partial charge in [-0.1, -0.05) is 0 Å². The Morgan fingerprint density at radius 2 is 2.28 bits per heavy atom. The second-order valence-corrected chi connectivity index (χ2v) is 5.67. The van der Waals surface area contributed by atoms with Gasteiger partial charge in [-0.25, -0.2) is 4.98 Å². The molecule has 1 aliphatic heterocycles. The number of hydrogen-bond donors (Lipinski definition) is 1. The number of hydrogen-bond acceptors (Lipinski definition) is 5. The molecule has 1 unspecified atom stereocenters. The van der Waals surface area contributed by atoms with Crippen LogP contribution in [-0.4, -0.2) is 49.3 Å². The van der Waals surface area contributed by atoms with Crippen LogP contribution >= 0.6 is 11.3 Å². The molecule has 0 aromatic carbocycles. The first-order chi connectivity index (χ1) is 8.77. The second-order valence-electron chi connectivity index (χ2n) is 4.79. The highest BCUT2D eigenvalue weighted by Gasteiger charge is 2.11. The Kier molecular flexibility index (Phi) is 5.56. The third kappa shape index (κ3) is 4.02. The lowest BCUT2D eigenvalue weighted by Gasteiger charge is -2.26. The van der Waals surface area contributed by atoms with Gasteiger partial charge in [0.25, 0.3) is 0 Å². The smallest absolute Gasteiger partial charge is 0.0798 e. The molecule has 2 heterocycles. The van der Waals surface area contributed by atoms with E-state index in [2.05, 4.69) is 29.0 Å². The van der Waals surface area contributed by atoms with Crippen molar-refractivity contribution in [3.05, 3.63) is 16.1 Å². The van der Waals surface area contributed by atoms with Gasteiger partial charge in [-0.2, -0.15) is 0 Å². The summed E-state index contributed by atoms with van der Waals surface area (Å²) in [5.74, 6) is 0. The van der Waals surface area contributed by atoms with Gasteiger partial charge in [0.2, 0.25) is 0 Å². The number of aromatic nitrogens is 1. The van der Waals surface area contributed by atoms with Crippen LogP contribution in [0.5, 0.6) is 0 Å². The minimum Gasteiger partial charge on any atom is -0.379 e. The van der Waals surface area contributed by atoms with Crippen LogP contribution in [0.3, 0.4) is 0 Å². The lowest BCUT2D eigenvalue weighted by molar-refractivity contribution is 0.0374. The van der Waals surface area contributed by atoms with Crippen LogP contribution in [0.4, 0.5) is 0 Å². The number of nitrogens with one attached hydrogen (secondary N) is 1. The number of morpholine rings is 1. The average Bonchev–Trinajstić information content (AvgIpc) is 2.82. The average molecular weight is 269 g/mol. The Morgan fingerprint density at radius 3 is 2.94 bits per heavy atom. The van der Waals surface area contributed by atoms with Gasteiger partial charge in [-0.05, 0) is 33.4 Å². The maximum absolute atomic E-state index is 5.34. The molecule has 1 atom stereocenters. The fraction of sp³-hybridized carbons (Fsp3) is 0.769. The van der Waals surface area contributed by atoms with Crippen LogP contribution in [0.1, 0.15) is 30.0 Å². The predicted octanol–water partition coefficient (Wildman–Crippen LogP) is 1.82. The fourth-order valence-corrected chi connectivity index (χ4v) is 3.10. The first kappa shape index (κ1) is 13.9. The molecule has 1 aromatic heterocycles. The van der Waals surface area contributed by atoms with E-state index in [-0.39, 0.29) is 0 Å². The third-order valence-corrected chi connectivity index (χ3v) is 4.49. The van der Waals surface area contributed by atoms with Crippen molar-refractivity contribution in [2.45, 2.75) is 26.3 Å². The van der Waals surface area contributed by atoms with Gasteiger partial charge in [0, 0.05) is 24.0 Å². The molecule has 0 bridgehead atoms. The van der Waals surface area contributed by atoms with Crippen LogP contribution in [0.25, 0.3) is 0 Å². The summed E-state index contributed by atoms with van der Waals surface area (Å²) in [6.45, 7) is 10.5. The van der Waals surface area contributed by atoms with E-state index in [1.807, 2.05) is 5.51 Å². The molecule has 102 valence electrons. The van der Waals surface area contributed by atoms with Gasteiger partial charge in [-0.15, -0.1) is 11.3 Å². The quantitative estimate of drug-likeness (QED) is 0.800. The Balaban J connectivity index is 1.61. The highest BCUT2D eigenvalue weighted by atomic mass is 32.1. The van der Waals surface area contributed by atoms with Crippen molar-refractivity contribution in [3.63, 3.8) is 0 Å². The number of nitrogens with zero attached hydrogens (tertiary/aromatic N) is 2. The highest BCUT2D eigenvalue weighted by Crippen LogP contribution is 2.20. The number of ether oxygens (including phenoxy) is 1. The molecule has 0 spiro atoms. The summed E-state index contributed by atoms with van der Waals surface area (Å²) in [5.41, 5.74) is 3.09. The lowest BCUT2D eigenvalue weighted by atomic mass is 10.2. The van der Waals surface area contributed by atoms with Crippen molar-refractivity contribution < 1.29 is 4.74 Å². The maximum Gasteiger partial charge on any atom is 0.0798 e. The van der Waals surface area contributed by atoms with Crippen molar-refractivity contribution in [3.8, 4) is 0 Å². The van der Waals surface area contributed by atoms with Crippen LogP contribution in [0.2, 0.25) is 0 Å². The molecule has 0 radical (unpaired) electrons. The SMILES string of the molecule is Cc1ncsc1C(C)NCCCN1CCOCC1. The summed E-state index contributed by atoms with van der Waals surface area (Å²) < 4.78 is 5.34. The molecule has 1 fully saturated rings. The van der Waals surface area contributed by atoms with Crippen LogP contribution in [-0.2, 0) is 4.74 Å². The van der Waals surface area contributed by atoms with Crippen molar-refractivity contribution in [1.82, 2.24) is 15.2 Å². The monoisotopic (exact) mass is 269 g/mol. The predicted molar refractivity (Wildman–Crippen MR) is 75.1 cm³/mol. The van der Waals surface area contributed by atoms with Crippen molar-refractivity contribution in [1.29, 1.82) is 0 Å². The molecule has 0 saturated carbocycles. The third-order valence-electron chi connectivity index (χ3n) is 3.38. The first-order valence-electron chi connectivity index (χ1n) is 6.71. The van der Waals surface area contributed by atoms with E-state index in [9.17, 15) is 0 Å². The van der Waals surface area contributed by atoms with Crippen LogP contribution < -0.4 is 5.32 Å². The van der Waals surface area contributed by atoms with E-state index in [1.54, 1.807) is 11.3 Å².